The molecular weight excluding hydrogens is 360 g/mol. The Morgan fingerprint density at radius 1 is 1.27 bits per heavy atom. The lowest BCUT2D eigenvalue weighted by atomic mass is 10.2. The fourth-order valence-electron chi connectivity index (χ4n) is 1.89. The minimum atomic E-state index is -4.24. The SMILES string of the molecule is COc1cccc(C=NN(OS(=O)(=O)c2ccc(C)cc2)C(=N)N)c1O. The van der Waals surface area contributed by atoms with E-state index in [4.69, 9.17) is 20.2 Å². The van der Waals surface area contributed by atoms with Crippen LogP contribution in [0, 0.1) is 12.3 Å². The van der Waals surface area contributed by atoms with E-state index in [1.165, 1.54) is 31.4 Å². The average Bonchev–Trinajstić information content (AvgIpc) is 2.59. The smallest absolute Gasteiger partial charge is 0.319 e. The highest BCUT2D eigenvalue weighted by atomic mass is 32.2. The third kappa shape index (κ3) is 4.49. The third-order valence-corrected chi connectivity index (χ3v) is 4.42. The van der Waals surface area contributed by atoms with Gasteiger partial charge in [0.05, 0.1) is 18.2 Å². The van der Waals surface area contributed by atoms with Gasteiger partial charge in [-0.25, -0.2) is 0 Å². The van der Waals surface area contributed by atoms with Gasteiger partial charge in [-0.1, -0.05) is 28.9 Å². The number of phenolic OH excluding ortho intramolecular Hbond substituents is 1. The number of ether oxygens (including phenoxy) is 1. The predicted octanol–water partition coefficient (Wildman–Crippen LogP) is 1.56. The summed E-state index contributed by atoms with van der Waals surface area (Å²) in [5.41, 5.74) is 6.41. The molecule has 0 atom stereocenters. The number of nitrogens with one attached hydrogen (secondary N) is 1. The van der Waals surface area contributed by atoms with Crippen molar-refractivity contribution in [2.45, 2.75) is 11.8 Å². The fraction of sp³-hybridized carbons (Fsp3) is 0.125. The second-order valence-electron chi connectivity index (χ2n) is 5.14. The Morgan fingerprint density at radius 3 is 2.50 bits per heavy atom. The number of hydrogen-bond donors (Lipinski definition) is 3. The van der Waals surface area contributed by atoms with Gasteiger partial charge in [-0.05, 0) is 31.2 Å². The first-order valence-electron chi connectivity index (χ1n) is 7.30. The van der Waals surface area contributed by atoms with Gasteiger partial charge < -0.3 is 15.6 Å². The van der Waals surface area contributed by atoms with Crippen LogP contribution >= 0.6 is 0 Å². The van der Waals surface area contributed by atoms with Crippen LogP contribution in [0.15, 0.2) is 52.5 Å². The molecule has 0 saturated carbocycles. The minimum Gasteiger partial charge on any atom is -0.504 e. The lowest BCUT2D eigenvalue weighted by molar-refractivity contribution is 0.0284. The molecule has 2 rings (SSSR count). The van der Waals surface area contributed by atoms with Gasteiger partial charge in [-0.15, -0.1) is 9.39 Å². The van der Waals surface area contributed by atoms with Gasteiger partial charge >= 0.3 is 10.1 Å². The molecule has 138 valence electrons. The standard InChI is InChI=1S/C16H18N4O5S/c1-11-6-8-13(9-7-11)26(22,23)25-20(16(17)18)19-10-12-4-3-5-14(24-2)15(12)21/h3-10,21H,1-2H3,(H3,17,18). The number of guanidine groups is 1. The number of aromatic hydroxyl groups is 1. The highest BCUT2D eigenvalue weighted by Crippen LogP contribution is 2.28. The monoisotopic (exact) mass is 378 g/mol. The Morgan fingerprint density at radius 2 is 1.92 bits per heavy atom. The quantitative estimate of drug-likeness (QED) is 0.394. The summed E-state index contributed by atoms with van der Waals surface area (Å²) in [5.74, 6) is -0.764. The zero-order chi connectivity index (χ0) is 19.3. The molecule has 2 aromatic rings. The van der Waals surface area contributed by atoms with Crippen molar-refractivity contribution in [1.82, 2.24) is 5.17 Å². The topological polar surface area (TPSA) is 138 Å². The Labute approximate surface area is 150 Å². The third-order valence-electron chi connectivity index (χ3n) is 3.24. The number of para-hydroxylation sites is 1. The maximum Gasteiger partial charge on any atom is 0.319 e. The van der Waals surface area contributed by atoms with Gasteiger partial charge in [-0.2, -0.15) is 8.42 Å². The van der Waals surface area contributed by atoms with Crippen LogP contribution in [0.3, 0.4) is 0 Å². The maximum atomic E-state index is 12.3. The van der Waals surface area contributed by atoms with E-state index in [2.05, 4.69) is 5.10 Å². The molecule has 0 radical (unpaired) electrons. The van der Waals surface area contributed by atoms with Gasteiger partial charge in [0.1, 0.15) is 0 Å². The first-order chi connectivity index (χ1) is 12.2. The number of hydrogen-bond acceptors (Lipinski definition) is 7. The molecule has 0 amide bonds. The van der Waals surface area contributed by atoms with Crippen molar-refractivity contribution in [3.05, 3.63) is 53.6 Å². The summed E-state index contributed by atoms with van der Waals surface area (Å²) in [6.45, 7) is 1.81. The molecular formula is C16H18N4O5S. The zero-order valence-corrected chi connectivity index (χ0v) is 14.9. The summed E-state index contributed by atoms with van der Waals surface area (Å²) in [5, 5.41) is 21.5. The van der Waals surface area contributed by atoms with Crippen LogP contribution in [0.1, 0.15) is 11.1 Å². The molecule has 0 unspecified atom stereocenters. The van der Waals surface area contributed by atoms with Crippen LogP contribution in [0.2, 0.25) is 0 Å². The molecule has 0 aromatic heterocycles. The van der Waals surface area contributed by atoms with E-state index >= 15 is 0 Å². The van der Waals surface area contributed by atoms with E-state index in [0.717, 1.165) is 11.8 Å². The summed E-state index contributed by atoms with van der Waals surface area (Å²) in [7, 11) is -2.86. The molecule has 9 nitrogen and oxygen atoms in total. The summed E-state index contributed by atoms with van der Waals surface area (Å²) in [6.07, 6.45) is 1.09. The number of hydroxylamine groups is 1. The lowest BCUT2D eigenvalue weighted by Crippen LogP contribution is -2.34. The molecule has 0 saturated heterocycles. The van der Waals surface area contributed by atoms with E-state index in [1.54, 1.807) is 18.2 Å². The van der Waals surface area contributed by atoms with E-state index in [9.17, 15) is 13.5 Å². The molecule has 2 aromatic carbocycles. The summed E-state index contributed by atoms with van der Waals surface area (Å²) in [6, 6.07) is 10.6. The molecule has 0 bridgehead atoms. The Kier molecular flexibility index (Phi) is 5.80. The molecule has 0 fully saturated rings. The zero-order valence-electron chi connectivity index (χ0n) is 14.1. The molecule has 0 aliphatic carbocycles. The number of nitrogens with zero attached hydrogens (tertiary/aromatic N) is 2. The van der Waals surface area contributed by atoms with Gasteiger partial charge in [0.2, 0.25) is 5.96 Å². The number of hydrazone groups is 1. The molecule has 0 spiro atoms. The summed E-state index contributed by atoms with van der Waals surface area (Å²) < 4.78 is 34.3. The molecule has 10 heteroatoms. The van der Waals surface area contributed by atoms with Gasteiger partial charge in [-0.3, -0.25) is 5.41 Å². The number of methoxy groups -OCH3 is 1. The van der Waals surface area contributed by atoms with E-state index in [0.29, 0.717) is 5.17 Å². The van der Waals surface area contributed by atoms with Crippen LogP contribution in [0.25, 0.3) is 0 Å². The molecule has 26 heavy (non-hydrogen) atoms. The van der Waals surface area contributed by atoms with Crippen molar-refractivity contribution in [2.24, 2.45) is 10.8 Å². The van der Waals surface area contributed by atoms with E-state index in [-0.39, 0.29) is 22.0 Å². The van der Waals surface area contributed by atoms with Crippen LogP contribution in [0.4, 0.5) is 0 Å². The van der Waals surface area contributed by atoms with Crippen molar-refractivity contribution in [1.29, 1.82) is 5.41 Å². The maximum absolute atomic E-state index is 12.3. The Balaban J connectivity index is 2.27. The van der Waals surface area contributed by atoms with E-state index in [1.807, 2.05) is 6.92 Å². The average molecular weight is 378 g/mol. The molecule has 0 heterocycles. The number of aryl methyl sites for hydroxylation is 1. The molecule has 0 aliphatic rings. The van der Waals surface area contributed by atoms with Gasteiger partial charge in [0.25, 0.3) is 0 Å². The minimum absolute atomic E-state index is 0.117. The number of rotatable bonds is 6. The Hall–Kier alpha value is -3.11. The predicted molar refractivity (Wildman–Crippen MR) is 95.5 cm³/mol. The second kappa shape index (κ2) is 7.85. The molecule has 4 N–H and O–H groups in total. The number of phenols is 1. The van der Waals surface area contributed by atoms with Crippen molar-refractivity contribution < 1.29 is 22.5 Å². The van der Waals surface area contributed by atoms with Crippen molar-refractivity contribution in [2.75, 3.05) is 7.11 Å². The summed E-state index contributed by atoms with van der Waals surface area (Å²) >= 11 is 0. The van der Waals surface area contributed by atoms with E-state index < -0.39 is 16.1 Å². The highest BCUT2D eigenvalue weighted by molar-refractivity contribution is 7.86. The lowest BCUT2D eigenvalue weighted by Gasteiger charge is -2.15. The van der Waals surface area contributed by atoms with Crippen LogP contribution in [-0.4, -0.2) is 38.0 Å². The van der Waals surface area contributed by atoms with Crippen LogP contribution in [-0.2, 0) is 14.4 Å². The van der Waals surface area contributed by atoms with Gasteiger partial charge in [0.15, 0.2) is 11.5 Å². The fourth-order valence-corrected chi connectivity index (χ4v) is 2.75. The van der Waals surface area contributed by atoms with Gasteiger partial charge in [0, 0.05) is 5.56 Å². The first-order valence-corrected chi connectivity index (χ1v) is 8.71. The molecule has 0 aliphatic heterocycles. The summed E-state index contributed by atoms with van der Waals surface area (Å²) in [4.78, 5) is -0.117. The van der Waals surface area contributed by atoms with Crippen LogP contribution < -0.4 is 10.5 Å². The number of nitrogens with two attached hydrogens (primary N) is 1. The first kappa shape index (κ1) is 19.2. The number of benzene rings is 2. The largest absolute Gasteiger partial charge is 0.504 e. The normalized spacial score (nSPS) is 11.5. The highest BCUT2D eigenvalue weighted by Gasteiger charge is 2.21. The van der Waals surface area contributed by atoms with Crippen molar-refractivity contribution in [3.8, 4) is 11.5 Å². The second-order valence-corrected chi connectivity index (χ2v) is 6.67. The van der Waals surface area contributed by atoms with Crippen molar-refractivity contribution in [3.63, 3.8) is 0 Å². The van der Waals surface area contributed by atoms with Crippen molar-refractivity contribution >= 4 is 22.3 Å². The Bertz CT molecular complexity index is 926. The van der Waals surface area contributed by atoms with Crippen LogP contribution in [0.5, 0.6) is 11.5 Å².